The average molecular weight is 267 g/mol. The van der Waals surface area contributed by atoms with E-state index in [-0.39, 0.29) is 12.3 Å². The van der Waals surface area contributed by atoms with Crippen LogP contribution in [-0.4, -0.2) is 33.0 Å². The summed E-state index contributed by atoms with van der Waals surface area (Å²) in [4.78, 5) is 16.9. The molecule has 0 fully saturated rings. The number of carbonyl (C=O) groups excluding carboxylic acids is 1. The van der Waals surface area contributed by atoms with Crippen LogP contribution in [0, 0.1) is 0 Å². The number of hydrogen-bond acceptors (Lipinski definition) is 4. The molecule has 5 nitrogen and oxygen atoms in total. The van der Waals surface area contributed by atoms with E-state index in [1.165, 1.54) is 0 Å². The van der Waals surface area contributed by atoms with Gasteiger partial charge in [-0.05, 0) is 6.42 Å². The second-order valence-corrected chi connectivity index (χ2v) is 5.12. The number of aliphatic hydroxyl groups is 1. The summed E-state index contributed by atoms with van der Waals surface area (Å²) in [5.41, 5.74) is 0.754. The lowest BCUT2D eigenvalue weighted by molar-refractivity contribution is -0.120. The highest BCUT2D eigenvalue weighted by molar-refractivity contribution is 7.15. The number of aromatic nitrogens is 2. The summed E-state index contributed by atoms with van der Waals surface area (Å²) in [5, 5.41) is 14.2. The first-order chi connectivity index (χ1) is 8.69. The van der Waals surface area contributed by atoms with Gasteiger partial charge < -0.3 is 10.4 Å². The van der Waals surface area contributed by atoms with Gasteiger partial charge in [0.2, 0.25) is 5.91 Å². The van der Waals surface area contributed by atoms with Gasteiger partial charge in [-0.1, -0.05) is 13.3 Å². The van der Waals surface area contributed by atoms with Crippen molar-refractivity contribution in [3.05, 3.63) is 23.5 Å². The molecule has 1 amide bonds. The molecule has 0 spiro atoms. The van der Waals surface area contributed by atoms with Crippen LogP contribution in [0.4, 0.5) is 0 Å². The summed E-state index contributed by atoms with van der Waals surface area (Å²) >= 11 is 1.54. The van der Waals surface area contributed by atoms with E-state index in [4.69, 9.17) is 0 Å². The molecule has 98 valence electrons. The Balaban J connectivity index is 1.82. The molecule has 1 atom stereocenters. The van der Waals surface area contributed by atoms with Crippen LogP contribution in [0.3, 0.4) is 0 Å². The van der Waals surface area contributed by atoms with Gasteiger partial charge in [0.05, 0.1) is 18.2 Å². The summed E-state index contributed by atoms with van der Waals surface area (Å²) in [5.74, 6) is -0.101. The minimum absolute atomic E-state index is 0.101. The van der Waals surface area contributed by atoms with E-state index in [2.05, 4.69) is 10.3 Å². The van der Waals surface area contributed by atoms with Crippen LogP contribution < -0.4 is 5.32 Å². The summed E-state index contributed by atoms with van der Waals surface area (Å²) in [6.07, 6.45) is 5.19. The normalized spacial score (nSPS) is 12.8. The molecular weight excluding hydrogens is 250 g/mol. The zero-order chi connectivity index (χ0) is 13.0. The molecule has 2 heterocycles. The molecule has 0 saturated carbocycles. The average Bonchev–Trinajstić information content (AvgIpc) is 2.87. The van der Waals surface area contributed by atoms with Gasteiger partial charge in [-0.25, -0.2) is 4.98 Å². The second kappa shape index (κ2) is 5.97. The number of imidazole rings is 1. The molecule has 6 heteroatoms. The lowest BCUT2D eigenvalue weighted by Gasteiger charge is -2.09. The fourth-order valence-corrected chi connectivity index (χ4v) is 2.47. The Labute approximate surface area is 109 Å². The molecule has 0 aliphatic carbocycles. The maximum atomic E-state index is 11.7. The minimum atomic E-state index is -0.454. The molecule has 0 radical (unpaired) electrons. The van der Waals surface area contributed by atoms with Crippen molar-refractivity contribution >= 4 is 22.2 Å². The minimum Gasteiger partial charge on any atom is -0.391 e. The van der Waals surface area contributed by atoms with Gasteiger partial charge in [-0.2, -0.15) is 0 Å². The summed E-state index contributed by atoms with van der Waals surface area (Å²) in [6.45, 7) is 2.32. The van der Waals surface area contributed by atoms with Crippen molar-refractivity contribution in [3.8, 4) is 0 Å². The topological polar surface area (TPSA) is 66.6 Å². The highest BCUT2D eigenvalue weighted by Gasteiger charge is 2.09. The standard InChI is InChI=1S/C12H17N3O2S/c1-2-3-10(16)7-13-11(17)6-9-8-15-4-5-18-12(15)14-9/h4-5,8,10,16H,2-3,6-7H2,1H3,(H,13,17). The number of aliphatic hydroxyl groups excluding tert-OH is 1. The first kappa shape index (κ1) is 13.0. The molecule has 0 saturated heterocycles. The van der Waals surface area contributed by atoms with Crippen LogP contribution in [0.2, 0.25) is 0 Å². The Morgan fingerprint density at radius 1 is 1.67 bits per heavy atom. The monoisotopic (exact) mass is 267 g/mol. The summed E-state index contributed by atoms with van der Waals surface area (Å²) < 4.78 is 1.90. The fourth-order valence-electron chi connectivity index (χ4n) is 1.76. The van der Waals surface area contributed by atoms with Crippen LogP contribution in [0.15, 0.2) is 17.8 Å². The lowest BCUT2D eigenvalue weighted by atomic mass is 10.2. The maximum absolute atomic E-state index is 11.7. The molecule has 2 N–H and O–H groups in total. The third-order valence-corrected chi connectivity index (χ3v) is 3.41. The molecule has 2 rings (SSSR count). The Hall–Kier alpha value is -1.40. The molecule has 0 aliphatic heterocycles. The number of carbonyl (C=O) groups is 1. The zero-order valence-corrected chi connectivity index (χ0v) is 11.1. The van der Waals surface area contributed by atoms with Gasteiger partial charge in [-0.3, -0.25) is 9.20 Å². The number of nitrogens with zero attached hydrogens (tertiary/aromatic N) is 2. The molecule has 0 aromatic carbocycles. The number of rotatable bonds is 6. The number of fused-ring (bicyclic) bond motifs is 1. The van der Waals surface area contributed by atoms with Crippen LogP contribution >= 0.6 is 11.3 Å². The SMILES string of the molecule is CCCC(O)CNC(=O)Cc1cn2ccsc2n1. The van der Waals surface area contributed by atoms with Crippen molar-refractivity contribution in [2.45, 2.75) is 32.3 Å². The van der Waals surface area contributed by atoms with E-state index < -0.39 is 6.10 Å². The predicted molar refractivity (Wildman–Crippen MR) is 70.7 cm³/mol. The van der Waals surface area contributed by atoms with E-state index in [0.717, 1.165) is 17.1 Å². The molecule has 0 aliphatic rings. The van der Waals surface area contributed by atoms with Crippen LogP contribution in [0.25, 0.3) is 4.96 Å². The highest BCUT2D eigenvalue weighted by Crippen LogP contribution is 2.11. The zero-order valence-electron chi connectivity index (χ0n) is 10.3. The molecule has 2 aromatic rings. The summed E-state index contributed by atoms with van der Waals surface area (Å²) in [7, 11) is 0. The van der Waals surface area contributed by atoms with Crippen LogP contribution in [0.5, 0.6) is 0 Å². The van der Waals surface area contributed by atoms with Crippen molar-refractivity contribution < 1.29 is 9.90 Å². The molecule has 18 heavy (non-hydrogen) atoms. The van der Waals surface area contributed by atoms with Crippen molar-refractivity contribution in [3.63, 3.8) is 0 Å². The second-order valence-electron chi connectivity index (χ2n) is 4.25. The van der Waals surface area contributed by atoms with Crippen molar-refractivity contribution in [2.75, 3.05) is 6.54 Å². The third kappa shape index (κ3) is 3.30. The maximum Gasteiger partial charge on any atom is 0.226 e. The van der Waals surface area contributed by atoms with Gasteiger partial charge in [0.1, 0.15) is 0 Å². The smallest absolute Gasteiger partial charge is 0.226 e. The van der Waals surface area contributed by atoms with E-state index in [1.54, 1.807) is 11.3 Å². The Morgan fingerprint density at radius 3 is 3.22 bits per heavy atom. The molecule has 0 bridgehead atoms. The van der Waals surface area contributed by atoms with E-state index in [9.17, 15) is 9.90 Å². The van der Waals surface area contributed by atoms with Gasteiger partial charge >= 0.3 is 0 Å². The first-order valence-corrected chi connectivity index (χ1v) is 6.93. The lowest BCUT2D eigenvalue weighted by Crippen LogP contribution is -2.33. The number of thiazole rings is 1. The van der Waals surface area contributed by atoms with Gasteiger partial charge in [0, 0.05) is 24.3 Å². The molecular formula is C12H17N3O2S. The number of nitrogens with one attached hydrogen (secondary N) is 1. The Kier molecular flexibility index (Phi) is 4.33. The Morgan fingerprint density at radius 2 is 2.50 bits per heavy atom. The van der Waals surface area contributed by atoms with Crippen molar-refractivity contribution in [2.24, 2.45) is 0 Å². The fraction of sp³-hybridized carbons (Fsp3) is 0.500. The van der Waals surface area contributed by atoms with Crippen molar-refractivity contribution in [1.82, 2.24) is 14.7 Å². The van der Waals surface area contributed by atoms with Gasteiger partial charge in [0.25, 0.3) is 0 Å². The summed E-state index contributed by atoms with van der Waals surface area (Å²) in [6, 6.07) is 0. The van der Waals surface area contributed by atoms with E-state index in [1.807, 2.05) is 29.1 Å². The number of hydrogen-bond donors (Lipinski definition) is 2. The molecule has 2 aromatic heterocycles. The van der Waals surface area contributed by atoms with E-state index in [0.29, 0.717) is 13.0 Å². The van der Waals surface area contributed by atoms with Crippen LogP contribution in [-0.2, 0) is 11.2 Å². The highest BCUT2D eigenvalue weighted by atomic mass is 32.1. The van der Waals surface area contributed by atoms with Crippen LogP contribution in [0.1, 0.15) is 25.5 Å². The molecule has 1 unspecified atom stereocenters. The Bertz CT molecular complexity index is 492. The third-order valence-electron chi connectivity index (χ3n) is 2.64. The first-order valence-electron chi connectivity index (χ1n) is 6.05. The van der Waals surface area contributed by atoms with E-state index >= 15 is 0 Å². The predicted octanol–water partition coefficient (Wildman–Crippen LogP) is 1.22. The quantitative estimate of drug-likeness (QED) is 0.827. The van der Waals surface area contributed by atoms with Crippen molar-refractivity contribution in [1.29, 1.82) is 0 Å². The van der Waals surface area contributed by atoms with Gasteiger partial charge in [-0.15, -0.1) is 11.3 Å². The van der Waals surface area contributed by atoms with Gasteiger partial charge in [0.15, 0.2) is 4.96 Å². The number of amides is 1. The largest absolute Gasteiger partial charge is 0.391 e.